The molecule has 186 valence electrons. The third-order valence-corrected chi connectivity index (χ3v) is 6.04. The highest BCUT2D eigenvalue weighted by Gasteiger charge is 2.35. The molecular weight excluding hydrogens is 461 g/mol. The number of carbonyl (C=O) groups is 3. The fraction of sp³-hybridized carbons (Fsp3) is 0.250. The number of rotatable bonds is 9. The van der Waals surface area contributed by atoms with Gasteiger partial charge in [0.05, 0.1) is 5.92 Å². The van der Waals surface area contributed by atoms with Gasteiger partial charge < -0.3 is 20.3 Å². The summed E-state index contributed by atoms with van der Waals surface area (Å²) in [7, 11) is 0. The lowest BCUT2D eigenvalue weighted by Crippen LogP contribution is -2.32. The van der Waals surface area contributed by atoms with Crippen molar-refractivity contribution in [3.8, 4) is 5.75 Å². The highest BCUT2D eigenvalue weighted by Crippen LogP contribution is 2.27. The van der Waals surface area contributed by atoms with Crippen LogP contribution < -0.4 is 20.3 Å². The van der Waals surface area contributed by atoms with Crippen LogP contribution in [0, 0.1) is 11.7 Å². The van der Waals surface area contributed by atoms with Crippen molar-refractivity contribution >= 4 is 29.1 Å². The Morgan fingerprint density at radius 2 is 1.64 bits per heavy atom. The van der Waals surface area contributed by atoms with Gasteiger partial charge in [-0.2, -0.15) is 0 Å². The van der Waals surface area contributed by atoms with Gasteiger partial charge in [-0.15, -0.1) is 0 Å². The van der Waals surface area contributed by atoms with Crippen LogP contribution in [0.2, 0.25) is 0 Å². The number of ether oxygens (including phenoxy) is 1. The number of carbonyl (C=O) groups excluding carboxylic acids is 3. The van der Waals surface area contributed by atoms with E-state index in [1.807, 2.05) is 24.3 Å². The summed E-state index contributed by atoms with van der Waals surface area (Å²) in [5.74, 6) is -0.977. The quantitative estimate of drug-likeness (QED) is 0.474. The maximum Gasteiger partial charge on any atom is 0.262 e. The first kappa shape index (κ1) is 24.9. The Labute approximate surface area is 209 Å². The van der Waals surface area contributed by atoms with Crippen LogP contribution in [0.15, 0.2) is 72.8 Å². The Kier molecular flexibility index (Phi) is 7.95. The van der Waals surface area contributed by atoms with Crippen LogP contribution in [0.3, 0.4) is 0 Å². The summed E-state index contributed by atoms with van der Waals surface area (Å²) in [6.07, 6.45) is 1.12. The van der Waals surface area contributed by atoms with Crippen molar-refractivity contribution in [2.45, 2.75) is 26.3 Å². The summed E-state index contributed by atoms with van der Waals surface area (Å²) in [5.41, 5.74) is 3.39. The van der Waals surface area contributed by atoms with E-state index in [2.05, 4.69) is 17.6 Å². The molecule has 0 bridgehead atoms. The Balaban J connectivity index is 1.25. The minimum Gasteiger partial charge on any atom is -0.484 e. The number of benzene rings is 3. The van der Waals surface area contributed by atoms with Crippen LogP contribution in [0.1, 0.15) is 24.5 Å². The van der Waals surface area contributed by atoms with Crippen molar-refractivity contribution in [1.82, 2.24) is 5.32 Å². The van der Waals surface area contributed by atoms with Crippen LogP contribution in [0.25, 0.3) is 0 Å². The molecule has 3 aromatic rings. The Morgan fingerprint density at radius 3 is 2.31 bits per heavy atom. The van der Waals surface area contributed by atoms with E-state index in [0.29, 0.717) is 30.2 Å². The summed E-state index contributed by atoms with van der Waals surface area (Å²) >= 11 is 0. The van der Waals surface area contributed by atoms with E-state index in [1.165, 1.54) is 29.8 Å². The largest absolute Gasteiger partial charge is 0.484 e. The predicted octanol–water partition coefficient (Wildman–Crippen LogP) is 4.07. The first-order chi connectivity index (χ1) is 17.4. The van der Waals surface area contributed by atoms with E-state index in [-0.39, 0.29) is 36.6 Å². The molecule has 0 saturated carbocycles. The van der Waals surface area contributed by atoms with E-state index in [0.717, 1.165) is 12.0 Å². The van der Waals surface area contributed by atoms with Crippen molar-refractivity contribution < 1.29 is 23.5 Å². The molecule has 0 aliphatic carbocycles. The zero-order valence-corrected chi connectivity index (χ0v) is 20.0. The number of anilines is 2. The summed E-state index contributed by atoms with van der Waals surface area (Å²) < 4.78 is 18.5. The molecule has 4 rings (SSSR count). The van der Waals surface area contributed by atoms with Crippen LogP contribution in [0.4, 0.5) is 15.8 Å². The fourth-order valence-corrected chi connectivity index (χ4v) is 3.96. The molecule has 1 saturated heterocycles. The van der Waals surface area contributed by atoms with Gasteiger partial charge in [0.1, 0.15) is 11.6 Å². The van der Waals surface area contributed by atoms with Gasteiger partial charge in [0.15, 0.2) is 6.61 Å². The number of aryl methyl sites for hydroxylation is 1. The monoisotopic (exact) mass is 489 g/mol. The molecule has 0 aromatic heterocycles. The molecule has 1 atom stereocenters. The zero-order valence-electron chi connectivity index (χ0n) is 20.0. The molecule has 1 aliphatic heterocycles. The topological polar surface area (TPSA) is 87.7 Å². The van der Waals surface area contributed by atoms with Crippen LogP contribution >= 0.6 is 0 Å². The molecule has 2 N–H and O–H groups in total. The average molecular weight is 490 g/mol. The average Bonchev–Trinajstić information content (AvgIpc) is 3.29. The van der Waals surface area contributed by atoms with E-state index in [9.17, 15) is 18.8 Å². The van der Waals surface area contributed by atoms with Gasteiger partial charge in [-0.05, 0) is 66.1 Å². The minimum atomic E-state index is -0.418. The molecule has 1 heterocycles. The first-order valence-electron chi connectivity index (χ1n) is 11.9. The van der Waals surface area contributed by atoms with Crippen molar-refractivity contribution in [3.05, 3.63) is 89.7 Å². The molecule has 0 spiro atoms. The summed E-state index contributed by atoms with van der Waals surface area (Å²) in [5, 5.41) is 5.55. The van der Waals surface area contributed by atoms with Gasteiger partial charge in [-0.1, -0.05) is 31.2 Å². The van der Waals surface area contributed by atoms with Crippen LogP contribution in [-0.4, -0.2) is 30.9 Å². The number of nitrogens with one attached hydrogen (secondary N) is 2. The SMILES string of the molecule is CCc1ccc(CNC(=O)[C@H]2CC(=O)N(c3ccc(OCC(=O)Nc4ccc(F)cc4)cc3)C2)cc1. The van der Waals surface area contributed by atoms with Crippen LogP contribution in [-0.2, 0) is 27.3 Å². The molecule has 7 nitrogen and oxygen atoms in total. The van der Waals surface area contributed by atoms with Crippen molar-refractivity contribution in [2.24, 2.45) is 5.92 Å². The first-order valence-corrected chi connectivity index (χ1v) is 11.9. The Morgan fingerprint density at radius 1 is 0.972 bits per heavy atom. The van der Waals surface area contributed by atoms with E-state index >= 15 is 0 Å². The molecular formula is C28H28FN3O4. The number of halogens is 1. The number of hydrogen-bond donors (Lipinski definition) is 2. The second-order valence-electron chi connectivity index (χ2n) is 8.63. The molecule has 36 heavy (non-hydrogen) atoms. The van der Waals surface area contributed by atoms with Crippen molar-refractivity contribution in [3.63, 3.8) is 0 Å². The predicted molar refractivity (Wildman–Crippen MR) is 135 cm³/mol. The molecule has 1 aliphatic rings. The molecule has 0 radical (unpaired) electrons. The van der Waals surface area contributed by atoms with Crippen LogP contribution in [0.5, 0.6) is 5.75 Å². The zero-order chi connectivity index (χ0) is 25.5. The summed E-state index contributed by atoms with van der Waals surface area (Å²) in [4.78, 5) is 38.8. The van der Waals surface area contributed by atoms with Gasteiger partial charge >= 0.3 is 0 Å². The third-order valence-electron chi connectivity index (χ3n) is 6.04. The fourth-order valence-electron chi connectivity index (χ4n) is 3.96. The molecule has 3 aromatic carbocycles. The molecule has 8 heteroatoms. The van der Waals surface area contributed by atoms with E-state index < -0.39 is 5.92 Å². The summed E-state index contributed by atoms with van der Waals surface area (Å²) in [6, 6.07) is 20.3. The molecule has 3 amide bonds. The highest BCUT2D eigenvalue weighted by atomic mass is 19.1. The van der Waals surface area contributed by atoms with Gasteiger partial charge in [0, 0.05) is 30.9 Å². The second kappa shape index (κ2) is 11.5. The lowest BCUT2D eigenvalue weighted by atomic mass is 10.1. The van der Waals surface area contributed by atoms with E-state index in [1.54, 1.807) is 29.2 Å². The normalized spacial score (nSPS) is 15.0. The Hall–Kier alpha value is -4.20. The van der Waals surface area contributed by atoms with Gasteiger partial charge in [-0.3, -0.25) is 14.4 Å². The van der Waals surface area contributed by atoms with Gasteiger partial charge in [-0.25, -0.2) is 4.39 Å². The van der Waals surface area contributed by atoms with Gasteiger partial charge in [0.2, 0.25) is 11.8 Å². The second-order valence-corrected chi connectivity index (χ2v) is 8.63. The lowest BCUT2D eigenvalue weighted by Gasteiger charge is -2.17. The van der Waals surface area contributed by atoms with Gasteiger partial charge in [0.25, 0.3) is 5.91 Å². The maximum absolute atomic E-state index is 13.0. The van der Waals surface area contributed by atoms with Crippen molar-refractivity contribution in [2.75, 3.05) is 23.4 Å². The summed E-state index contributed by atoms with van der Waals surface area (Å²) in [6.45, 7) is 2.60. The lowest BCUT2D eigenvalue weighted by molar-refractivity contribution is -0.126. The van der Waals surface area contributed by atoms with Crippen molar-refractivity contribution in [1.29, 1.82) is 0 Å². The number of hydrogen-bond acceptors (Lipinski definition) is 4. The molecule has 1 fully saturated rings. The molecule has 0 unspecified atom stereocenters. The number of nitrogens with zero attached hydrogens (tertiary/aromatic N) is 1. The highest BCUT2D eigenvalue weighted by molar-refractivity contribution is 6.00. The smallest absolute Gasteiger partial charge is 0.262 e. The third kappa shape index (κ3) is 6.47. The van der Waals surface area contributed by atoms with E-state index in [4.69, 9.17) is 4.74 Å². The minimum absolute atomic E-state index is 0.116. The number of amides is 3. The Bertz CT molecular complexity index is 1210. The maximum atomic E-state index is 13.0. The standard InChI is InChI=1S/C28H28FN3O4/c1-2-19-3-5-20(6-4-19)16-30-28(35)21-15-27(34)32(17-21)24-11-13-25(14-12-24)36-18-26(33)31-23-9-7-22(29)8-10-23/h3-14,21H,2,15-18H2,1H3,(H,30,35)(H,31,33)/t21-/m0/s1.